The van der Waals surface area contributed by atoms with Gasteiger partial charge >= 0.3 is 11.9 Å². The average Bonchev–Trinajstić information content (AvgIpc) is 3.03. The predicted molar refractivity (Wildman–Crippen MR) is 168 cm³/mol. The number of hydrogen-bond acceptors (Lipinski definition) is 5. The van der Waals surface area contributed by atoms with Crippen LogP contribution in [-0.2, 0) is 24.3 Å². The maximum absolute atomic E-state index is 13.0. The molecule has 5 aromatic rings. The lowest BCUT2D eigenvalue weighted by Gasteiger charge is -2.12. The van der Waals surface area contributed by atoms with Crippen LogP contribution in [0.2, 0.25) is 0 Å². The molecule has 0 saturated carbocycles. The van der Waals surface area contributed by atoms with Crippen molar-refractivity contribution in [3.05, 3.63) is 166 Å². The molecule has 0 spiro atoms. The van der Waals surface area contributed by atoms with Crippen LogP contribution in [0.3, 0.4) is 0 Å². The number of rotatable bonds is 12. The van der Waals surface area contributed by atoms with Gasteiger partial charge in [-0.05, 0) is 77.1 Å². The highest BCUT2D eigenvalue weighted by Gasteiger charge is 2.18. The van der Waals surface area contributed by atoms with Gasteiger partial charge in [-0.15, -0.1) is 0 Å². The van der Waals surface area contributed by atoms with Gasteiger partial charge in [0.2, 0.25) is 0 Å². The monoisotopic (exact) mass is 586 g/mol. The van der Waals surface area contributed by atoms with E-state index in [0.717, 1.165) is 27.8 Å². The number of amides is 1. The van der Waals surface area contributed by atoms with E-state index in [4.69, 9.17) is 4.84 Å². The second kappa shape index (κ2) is 14.0. The summed E-state index contributed by atoms with van der Waals surface area (Å²) in [6, 6.07) is 36.3. The first kappa shape index (κ1) is 29.8. The number of hydrogen-bond donors (Lipinski definition) is 4. The topological polar surface area (TPSA) is 125 Å². The molecule has 8 heteroatoms. The molecule has 0 aliphatic heterocycles. The van der Waals surface area contributed by atoms with Crippen LogP contribution < -0.4 is 10.8 Å². The third-order valence-electron chi connectivity index (χ3n) is 7.01. The first-order valence-electron chi connectivity index (χ1n) is 13.9. The minimum absolute atomic E-state index is 0.0648. The lowest BCUT2D eigenvalue weighted by molar-refractivity contribution is 0.0684. The van der Waals surface area contributed by atoms with Gasteiger partial charge in [-0.2, -0.15) is 0 Å². The average molecular weight is 587 g/mol. The van der Waals surface area contributed by atoms with Crippen LogP contribution in [0.4, 0.5) is 11.4 Å². The van der Waals surface area contributed by atoms with E-state index in [0.29, 0.717) is 24.2 Å². The molecule has 0 aliphatic rings. The number of benzene rings is 5. The van der Waals surface area contributed by atoms with Crippen molar-refractivity contribution in [3.63, 3.8) is 0 Å². The Hall–Kier alpha value is -5.73. The Balaban J connectivity index is 1.18. The van der Waals surface area contributed by atoms with Gasteiger partial charge in [0.25, 0.3) is 5.91 Å². The van der Waals surface area contributed by atoms with E-state index >= 15 is 0 Å². The highest BCUT2D eigenvalue weighted by Crippen LogP contribution is 2.22. The predicted octanol–water partition coefficient (Wildman–Crippen LogP) is 7.06. The molecule has 220 valence electrons. The van der Waals surface area contributed by atoms with E-state index < -0.39 is 17.8 Å². The summed E-state index contributed by atoms with van der Waals surface area (Å²) in [5.41, 5.74) is 8.21. The van der Waals surface area contributed by atoms with Crippen molar-refractivity contribution in [2.24, 2.45) is 0 Å². The number of carboxylic acid groups (broad SMARTS) is 2. The largest absolute Gasteiger partial charge is 0.478 e. The molecule has 0 heterocycles. The third kappa shape index (κ3) is 7.76. The zero-order valence-corrected chi connectivity index (χ0v) is 23.7. The van der Waals surface area contributed by atoms with Gasteiger partial charge < -0.3 is 15.5 Å². The molecule has 0 radical (unpaired) electrons. The summed E-state index contributed by atoms with van der Waals surface area (Å²) in [6.07, 6.45) is 1.17. The molecule has 0 aromatic heterocycles. The fraction of sp³-hybridized carbons (Fsp3) is 0.0833. The summed E-state index contributed by atoms with van der Waals surface area (Å²) in [5.74, 6) is -2.78. The third-order valence-corrected chi connectivity index (χ3v) is 7.01. The van der Waals surface area contributed by atoms with Gasteiger partial charge in [0.1, 0.15) is 0 Å². The normalized spacial score (nSPS) is 10.6. The molecule has 0 atom stereocenters. The van der Waals surface area contributed by atoms with Crippen LogP contribution in [0, 0.1) is 0 Å². The summed E-state index contributed by atoms with van der Waals surface area (Å²) in [4.78, 5) is 42.4. The Labute approximate surface area is 254 Å². The van der Waals surface area contributed by atoms with Crippen molar-refractivity contribution in [1.29, 1.82) is 0 Å². The number of carbonyl (C=O) groups excluding carboxylic acids is 1. The summed E-state index contributed by atoms with van der Waals surface area (Å²) in [6.45, 7) is 0.130. The van der Waals surface area contributed by atoms with E-state index in [1.165, 1.54) is 12.1 Å². The van der Waals surface area contributed by atoms with Crippen LogP contribution in [0.1, 0.15) is 58.9 Å². The number of anilines is 2. The minimum Gasteiger partial charge on any atom is -0.478 e. The van der Waals surface area contributed by atoms with E-state index in [1.54, 1.807) is 42.5 Å². The Morgan fingerprint density at radius 2 is 1.07 bits per heavy atom. The second-order valence-corrected chi connectivity index (χ2v) is 10.2. The molecule has 0 unspecified atom stereocenters. The fourth-order valence-electron chi connectivity index (χ4n) is 4.79. The Morgan fingerprint density at radius 3 is 1.64 bits per heavy atom. The zero-order chi connectivity index (χ0) is 30.9. The fourth-order valence-corrected chi connectivity index (χ4v) is 4.79. The van der Waals surface area contributed by atoms with Crippen molar-refractivity contribution in [2.45, 2.75) is 19.4 Å². The van der Waals surface area contributed by atoms with Crippen molar-refractivity contribution in [3.8, 4) is 0 Å². The van der Waals surface area contributed by atoms with Crippen LogP contribution in [0.5, 0.6) is 0 Å². The molecule has 0 fully saturated rings. The summed E-state index contributed by atoms with van der Waals surface area (Å²) in [5, 5.41) is 22.2. The second-order valence-electron chi connectivity index (χ2n) is 10.2. The van der Waals surface area contributed by atoms with Gasteiger partial charge in [0.05, 0.1) is 29.0 Å². The van der Waals surface area contributed by atoms with Gasteiger partial charge in [0, 0.05) is 5.69 Å². The van der Waals surface area contributed by atoms with E-state index in [2.05, 4.69) is 10.8 Å². The maximum atomic E-state index is 13.0. The van der Waals surface area contributed by atoms with Crippen molar-refractivity contribution in [2.75, 3.05) is 10.8 Å². The number of nitrogens with one attached hydrogen (secondary N) is 2. The number of carboxylic acids is 2. The Bertz CT molecular complexity index is 1770. The molecule has 0 aliphatic carbocycles. The first-order valence-corrected chi connectivity index (χ1v) is 13.9. The number of carbonyl (C=O) groups is 3. The molecule has 5 aromatic carbocycles. The maximum Gasteiger partial charge on any atom is 0.337 e. The van der Waals surface area contributed by atoms with Crippen LogP contribution in [0.15, 0.2) is 121 Å². The van der Waals surface area contributed by atoms with E-state index in [-0.39, 0.29) is 23.3 Å². The van der Waals surface area contributed by atoms with Crippen molar-refractivity contribution >= 4 is 29.2 Å². The standard InChI is InChI=1S/C36H30N2O6/c39-34(30-17-13-27(21-31(30)35(40)41)19-24-7-3-1-4-8-24)37-29-15-11-26(12-16-29)23-44-38-33-18-14-28(22-32(33)36(42)43)20-25-9-5-2-6-10-25/h1-18,21-22,38H,19-20,23H2,(H,37,39)(H,40,41)(H,42,43). The minimum atomic E-state index is -1.18. The number of aromatic carboxylic acids is 2. The molecule has 5 rings (SSSR count). The smallest absolute Gasteiger partial charge is 0.337 e. The van der Waals surface area contributed by atoms with E-state index in [9.17, 15) is 24.6 Å². The SMILES string of the molecule is O=C(O)c1cc(Cc2ccccc2)ccc1NOCc1ccc(NC(=O)c2ccc(Cc3ccccc3)cc2C(=O)O)cc1. The molecule has 8 nitrogen and oxygen atoms in total. The molecule has 1 amide bonds. The van der Waals surface area contributed by atoms with Crippen LogP contribution >= 0.6 is 0 Å². The molecule has 0 saturated heterocycles. The van der Waals surface area contributed by atoms with Gasteiger partial charge in [0.15, 0.2) is 0 Å². The van der Waals surface area contributed by atoms with Crippen molar-refractivity contribution in [1.82, 2.24) is 0 Å². The molecular formula is C36H30N2O6. The van der Waals surface area contributed by atoms with Gasteiger partial charge in [-0.1, -0.05) is 84.9 Å². The Kier molecular flexibility index (Phi) is 9.44. The van der Waals surface area contributed by atoms with Crippen LogP contribution in [-0.4, -0.2) is 28.1 Å². The first-order chi connectivity index (χ1) is 21.4. The highest BCUT2D eigenvalue weighted by molar-refractivity contribution is 6.10. The van der Waals surface area contributed by atoms with Gasteiger partial charge in [-0.3, -0.25) is 15.1 Å². The van der Waals surface area contributed by atoms with Crippen LogP contribution in [0.25, 0.3) is 0 Å². The molecule has 0 bridgehead atoms. The lowest BCUT2D eigenvalue weighted by atomic mass is 9.98. The zero-order valence-electron chi connectivity index (χ0n) is 23.7. The molecule has 4 N–H and O–H groups in total. The lowest BCUT2D eigenvalue weighted by Crippen LogP contribution is -2.17. The highest BCUT2D eigenvalue weighted by atomic mass is 16.6. The molecule has 44 heavy (non-hydrogen) atoms. The van der Waals surface area contributed by atoms with Gasteiger partial charge in [-0.25, -0.2) is 9.59 Å². The quantitative estimate of drug-likeness (QED) is 0.115. The Morgan fingerprint density at radius 1 is 0.545 bits per heavy atom. The summed E-state index contributed by atoms with van der Waals surface area (Å²) in [7, 11) is 0. The van der Waals surface area contributed by atoms with Crippen molar-refractivity contribution < 1.29 is 29.4 Å². The summed E-state index contributed by atoms with van der Waals surface area (Å²) >= 11 is 0. The molecular weight excluding hydrogens is 556 g/mol. The van der Waals surface area contributed by atoms with E-state index in [1.807, 2.05) is 66.7 Å². The summed E-state index contributed by atoms with van der Waals surface area (Å²) < 4.78 is 0.